The van der Waals surface area contributed by atoms with Crippen molar-refractivity contribution in [1.29, 1.82) is 0 Å². The predicted octanol–water partition coefficient (Wildman–Crippen LogP) is 3.30. The molecule has 0 unspecified atom stereocenters. The molecule has 2 aliphatic heterocycles. The molecule has 0 spiro atoms. The van der Waals surface area contributed by atoms with Gasteiger partial charge in [-0.05, 0) is 24.5 Å². The summed E-state index contributed by atoms with van der Waals surface area (Å²) in [5.41, 5.74) is 0.747. The highest BCUT2D eigenvalue weighted by Gasteiger charge is 2.35. The van der Waals surface area contributed by atoms with Crippen LogP contribution in [-0.4, -0.2) is 48.5 Å². The molecule has 3 rings (SSSR count). The maximum atomic E-state index is 13.8. The van der Waals surface area contributed by atoms with Gasteiger partial charge in [0.25, 0.3) is 0 Å². The fraction of sp³-hybridized carbons (Fsp3) is 0.562. The highest BCUT2D eigenvalue weighted by Crippen LogP contribution is 2.37. The van der Waals surface area contributed by atoms with Crippen molar-refractivity contribution >= 4 is 17.8 Å². The SMILES string of the molecule is O=C(N[C@@H]1CCN(CC(F)(F)F)C1)N[C@@H]1CCSc2c(F)cccc21. The van der Waals surface area contributed by atoms with Gasteiger partial charge in [-0.1, -0.05) is 12.1 Å². The van der Waals surface area contributed by atoms with Crippen LogP contribution in [0, 0.1) is 5.82 Å². The van der Waals surface area contributed by atoms with Crippen molar-refractivity contribution in [2.45, 2.75) is 36.0 Å². The van der Waals surface area contributed by atoms with Gasteiger partial charge in [0.2, 0.25) is 0 Å². The van der Waals surface area contributed by atoms with Gasteiger partial charge >= 0.3 is 12.2 Å². The number of carbonyl (C=O) groups is 1. The second kappa shape index (κ2) is 7.41. The van der Waals surface area contributed by atoms with Gasteiger partial charge in [0.15, 0.2) is 0 Å². The lowest BCUT2D eigenvalue weighted by Crippen LogP contribution is -2.45. The number of urea groups is 1. The van der Waals surface area contributed by atoms with E-state index in [0.29, 0.717) is 30.0 Å². The number of rotatable bonds is 3. The van der Waals surface area contributed by atoms with Gasteiger partial charge in [-0.2, -0.15) is 13.2 Å². The van der Waals surface area contributed by atoms with E-state index in [0.717, 1.165) is 5.56 Å². The van der Waals surface area contributed by atoms with E-state index in [9.17, 15) is 22.4 Å². The molecule has 0 saturated carbocycles. The van der Waals surface area contributed by atoms with Crippen LogP contribution in [-0.2, 0) is 0 Å². The summed E-state index contributed by atoms with van der Waals surface area (Å²) < 4.78 is 51.1. The molecular formula is C16H19F4N3OS. The number of halogens is 4. The summed E-state index contributed by atoms with van der Waals surface area (Å²) in [4.78, 5) is 14.0. The van der Waals surface area contributed by atoms with E-state index in [1.807, 2.05) is 0 Å². The van der Waals surface area contributed by atoms with Crippen LogP contribution < -0.4 is 10.6 Å². The van der Waals surface area contributed by atoms with E-state index in [2.05, 4.69) is 10.6 Å². The summed E-state index contributed by atoms with van der Waals surface area (Å²) in [5, 5.41) is 5.55. The number of carbonyl (C=O) groups excluding carboxylic acids is 1. The normalized spacial score (nSPS) is 24.0. The highest BCUT2D eigenvalue weighted by atomic mass is 32.2. The average Bonchev–Trinajstić information content (AvgIpc) is 2.93. The summed E-state index contributed by atoms with van der Waals surface area (Å²) in [7, 11) is 0. The first-order valence-electron chi connectivity index (χ1n) is 8.09. The number of amides is 2. The molecule has 1 saturated heterocycles. The summed E-state index contributed by atoms with van der Waals surface area (Å²) in [5.74, 6) is 0.398. The molecular weight excluding hydrogens is 358 g/mol. The maximum absolute atomic E-state index is 13.8. The third-order valence-corrected chi connectivity index (χ3v) is 5.50. The number of fused-ring (bicyclic) bond motifs is 1. The average molecular weight is 377 g/mol. The van der Waals surface area contributed by atoms with Crippen molar-refractivity contribution in [2.75, 3.05) is 25.4 Å². The predicted molar refractivity (Wildman–Crippen MR) is 87.0 cm³/mol. The first-order valence-corrected chi connectivity index (χ1v) is 9.08. The van der Waals surface area contributed by atoms with Crippen LogP contribution in [0.1, 0.15) is 24.4 Å². The van der Waals surface area contributed by atoms with E-state index < -0.39 is 18.8 Å². The molecule has 1 aromatic rings. The standard InChI is InChI=1S/C16H19F4N3OS/c17-12-3-1-2-11-13(5-7-25-14(11)12)22-15(24)21-10-4-6-23(8-10)9-16(18,19)20/h1-3,10,13H,4-9H2,(H2,21,22,24)/t10-,13-/m1/s1. The molecule has 138 valence electrons. The van der Waals surface area contributed by atoms with Gasteiger partial charge in [0, 0.05) is 29.8 Å². The van der Waals surface area contributed by atoms with Gasteiger partial charge in [0.05, 0.1) is 12.6 Å². The number of hydrogen-bond donors (Lipinski definition) is 2. The molecule has 2 N–H and O–H groups in total. The number of hydrogen-bond acceptors (Lipinski definition) is 3. The summed E-state index contributed by atoms with van der Waals surface area (Å²) in [6, 6.07) is 3.76. The lowest BCUT2D eigenvalue weighted by Gasteiger charge is -2.27. The Hall–Kier alpha value is -1.48. The molecule has 25 heavy (non-hydrogen) atoms. The molecule has 0 radical (unpaired) electrons. The van der Waals surface area contributed by atoms with E-state index in [1.165, 1.54) is 22.7 Å². The third-order valence-electron chi connectivity index (χ3n) is 4.34. The zero-order chi connectivity index (χ0) is 18.0. The largest absolute Gasteiger partial charge is 0.401 e. The van der Waals surface area contributed by atoms with E-state index in [-0.39, 0.29) is 24.4 Å². The molecule has 1 aromatic carbocycles. The fourth-order valence-electron chi connectivity index (χ4n) is 3.27. The molecule has 0 aromatic heterocycles. The van der Waals surface area contributed by atoms with Crippen molar-refractivity contribution in [3.05, 3.63) is 29.6 Å². The summed E-state index contributed by atoms with van der Waals surface area (Å²) in [6.07, 6.45) is -3.07. The molecule has 4 nitrogen and oxygen atoms in total. The second-order valence-corrected chi connectivity index (χ2v) is 7.41. The lowest BCUT2D eigenvalue weighted by atomic mass is 10.0. The van der Waals surface area contributed by atoms with Gasteiger partial charge in [0.1, 0.15) is 5.82 Å². The Balaban J connectivity index is 1.54. The van der Waals surface area contributed by atoms with Crippen molar-refractivity contribution in [3.63, 3.8) is 0 Å². The minimum absolute atomic E-state index is 0.179. The summed E-state index contributed by atoms with van der Waals surface area (Å²) in [6.45, 7) is -0.476. The van der Waals surface area contributed by atoms with Crippen LogP contribution in [0.3, 0.4) is 0 Å². The number of likely N-dealkylation sites (tertiary alicyclic amines) is 1. The Morgan fingerprint density at radius 3 is 2.84 bits per heavy atom. The first kappa shape index (κ1) is 18.3. The Labute approximate surface area is 147 Å². The van der Waals surface area contributed by atoms with Gasteiger partial charge in [-0.25, -0.2) is 9.18 Å². The number of nitrogens with one attached hydrogen (secondary N) is 2. The molecule has 2 amide bonds. The zero-order valence-corrected chi connectivity index (χ0v) is 14.2. The quantitative estimate of drug-likeness (QED) is 0.795. The Bertz CT molecular complexity index is 640. The summed E-state index contributed by atoms with van der Waals surface area (Å²) >= 11 is 1.42. The first-order chi connectivity index (χ1) is 11.8. The van der Waals surface area contributed by atoms with Crippen molar-refractivity contribution < 1.29 is 22.4 Å². The Morgan fingerprint density at radius 2 is 2.08 bits per heavy atom. The lowest BCUT2D eigenvalue weighted by molar-refractivity contribution is -0.143. The van der Waals surface area contributed by atoms with Crippen LogP contribution in [0.4, 0.5) is 22.4 Å². The van der Waals surface area contributed by atoms with Crippen LogP contribution in [0.25, 0.3) is 0 Å². The van der Waals surface area contributed by atoms with E-state index in [1.54, 1.807) is 12.1 Å². The van der Waals surface area contributed by atoms with E-state index in [4.69, 9.17) is 0 Å². The van der Waals surface area contributed by atoms with Gasteiger partial charge in [-0.3, -0.25) is 4.90 Å². The zero-order valence-electron chi connectivity index (χ0n) is 13.4. The highest BCUT2D eigenvalue weighted by molar-refractivity contribution is 7.99. The van der Waals surface area contributed by atoms with Crippen molar-refractivity contribution in [3.8, 4) is 0 Å². The van der Waals surface area contributed by atoms with Crippen molar-refractivity contribution in [2.24, 2.45) is 0 Å². The maximum Gasteiger partial charge on any atom is 0.401 e. The smallest absolute Gasteiger partial charge is 0.334 e. The van der Waals surface area contributed by atoms with Crippen molar-refractivity contribution in [1.82, 2.24) is 15.5 Å². The van der Waals surface area contributed by atoms with Crippen LogP contribution in [0.15, 0.2) is 23.1 Å². The number of nitrogens with zero attached hydrogens (tertiary/aromatic N) is 1. The van der Waals surface area contributed by atoms with E-state index >= 15 is 0 Å². The molecule has 2 atom stereocenters. The second-order valence-electron chi connectivity index (χ2n) is 6.30. The molecule has 2 heterocycles. The van der Waals surface area contributed by atoms with Gasteiger partial charge < -0.3 is 10.6 Å². The number of thioether (sulfide) groups is 1. The number of alkyl halides is 3. The Kier molecular flexibility index (Phi) is 5.43. The monoisotopic (exact) mass is 377 g/mol. The Morgan fingerprint density at radius 1 is 1.28 bits per heavy atom. The number of benzene rings is 1. The topological polar surface area (TPSA) is 44.4 Å². The third kappa shape index (κ3) is 4.78. The minimum Gasteiger partial charge on any atom is -0.334 e. The fourth-order valence-corrected chi connectivity index (χ4v) is 4.41. The van der Waals surface area contributed by atoms with Crippen LogP contribution >= 0.6 is 11.8 Å². The molecule has 2 aliphatic rings. The van der Waals surface area contributed by atoms with Crippen LogP contribution in [0.2, 0.25) is 0 Å². The molecule has 0 bridgehead atoms. The minimum atomic E-state index is -4.23. The molecule has 9 heteroatoms. The molecule has 1 fully saturated rings. The van der Waals surface area contributed by atoms with Gasteiger partial charge in [-0.15, -0.1) is 11.8 Å². The molecule has 0 aliphatic carbocycles. The van der Waals surface area contributed by atoms with Crippen LogP contribution in [0.5, 0.6) is 0 Å².